The minimum absolute atomic E-state index is 0.120. The second-order valence-electron chi connectivity index (χ2n) is 4.76. The SMILES string of the molecule is CCOc1ccc2nc(NS(=O)(=O)c3ccc(Cl)cc3F)sc2c1. The highest BCUT2D eigenvalue weighted by atomic mass is 35.5. The Labute approximate surface area is 147 Å². The van der Waals surface area contributed by atoms with Crippen LogP contribution in [0.25, 0.3) is 10.2 Å². The predicted octanol–water partition coefficient (Wildman–Crippen LogP) is 4.29. The zero-order valence-corrected chi connectivity index (χ0v) is 14.8. The van der Waals surface area contributed by atoms with Crippen molar-refractivity contribution in [3.05, 3.63) is 47.2 Å². The van der Waals surface area contributed by atoms with Gasteiger partial charge in [-0.3, -0.25) is 4.72 Å². The number of aromatic nitrogens is 1. The molecular formula is C15H12ClFN2O3S2. The Morgan fingerprint density at radius 1 is 1.29 bits per heavy atom. The van der Waals surface area contributed by atoms with Crippen LogP contribution in [0, 0.1) is 5.82 Å². The van der Waals surface area contributed by atoms with E-state index in [9.17, 15) is 12.8 Å². The maximum absolute atomic E-state index is 13.9. The van der Waals surface area contributed by atoms with Gasteiger partial charge in [-0.1, -0.05) is 22.9 Å². The summed E-state index contributed by atoms with van der Waals surface area (Å²) >= 11 is 6.78. The standard InChI is InChI=1S/C15H12ClFN2O3S2/c1-2-22-10-4-5-12-13(8-10)23-15(18-12)19-24(20,21)14-6-3-9(16)7-11(14)17/h3-8H,2H2,1H3,(H,18,19). The molecule has 24 heavy (non-hydrogen) atoms. The number of benzene rings is 2. The Morgan fingerprint density at radius 3 is 2.79 bits per heavy atom. The smallest absolute Gasteiger partial charge is 0.266 e. The summed E-state index contributed by atoms with van der Waals surface area (Å²) in [6, 6.07) is 8.63. The molecule has 0 saturated heterocycles. The Kier molecular flexibility index (Phi) is 4.62. The van der Waals surface area contributed by atoms with E-state index < -0.39 is 20.7 Å². The van der Waals surface area contributed by atoms with E-state index in [4.69, 9.17) is 16.3 Å². The quantitative estimate of drug-likeness (QED) is 0.710. The number of nitrogens with one attached hydrogen (secondary N) is 1. The van der Waals surface area contributed by atoms with E-state index in [0.717, 1.165) is 28.2 Å². The highest BCUT2D eigenvalue weighted by molar-refractivity contribution is 7.93. The minimum Gasteiger partial charge on any atom is -0.494 e. The second kappa shape index (κ2) is 6.54. The van der Waals surface area contributed by atoms with Gasteiger partial charge in [0.2, 0.25) is 0 Å². The maximum Gasteiger partial charge on any atom is 0.266 e. The van der Waals surface area contributed by atoms with Gasteiger partial charge in [0.25, 0.3) is 10.0 Å². The summed E-state index contributed by atoms with van der Waals surface area (Å²) in [5.74, 6) is -0.249. The molecule has 0 radical (unpaired) electrons. The number of fused-ring (bicyclic) bond motifs is 1. The number of rotatable bonds is 5. The Balaban J connectivity index is 1.93. The van der Waals surface area contributed by atoms with Gasteiger partial charge < -0.3 is 4.74 Å². The van der Waals surface area contributed by atoms with Gasteiger partial charge in [-0.05, 0) is 43.3 Å². The third kappa shape index (κ3) is 3.45. The highest BCUT2D eigenvalue weighted by Gasteiger charge is 2.21. The number of anilines is 1. The molecule has 0 aliphatic rings. The van der Waals surface area contributed by atoms with E-state index in [-0.39, 0.29) is 10.2 Å². The molecule has 2 aromatic carbocycles. The van der Waals surface area contributed by atoms with Crippen molar-refractivity contribution < 1.29 is 17.5 Å². The molecule has 3 aromatic rings. The zero-order valence-electron chi connectivity index (χ0n) is 12.4. The summed E-state index contributed by atoms with van der Waals surface area (Å²) in [5.41, 5.74) is 0.623. The van der Waals surface area contributed by atoms with Gasteiger partial charge in [0, 0.05) is 5.02 Å². The molecule has 0 aliphatic carbocycles. The molecule has 9 heteroatoms. The molecule has 3 rings (SSSR count). The molecule has 1 heterocycles. The van der Waals surface area contributed by atoms with Crippen LogP contribution in [0.3, 0.4) is 0 Å². The number of thiazole rings is 1. The fourth-order valence-corrected chi connectivity index (χ4v) is 4.42. The lowest BCUT2D eigenvalue weighted by molar-refractivity contribution is 0.341. The third-order valence-corrected chi connectivity index (χ3v) is 5.75. The molecule has 0 saturated carbocycles. The number of nitrogens with zero attached hydrogens (tertiary/aromatic N) is 1. The summed E-state index contributed by atoms with van der Waals surface area (Å²) in [4.78, 5) is 3.71. The fraction of sp³-hybridized carbons (Fsp3) is 0.133. The molecule has 1 aromatic heterocycles. The normalized spacial score (nSPS) is 11.6. The lowest BCUT2D eigenvalue weighted by Crippen LogP contribution is -2.14. The van der Waals surface area contributed by atoms with Crippen molar-refractivity contribution in [3.8, 4) is 5.75 Å². The molecule has 0 atom stereocenters. The van der Waals surface area contributed by atoms with Gasteiger partial charge in [-0.25, -0.2) is 17.8 Å². The molecular weight excluding hydrogens is 375 g/mol. The largest absolute Gasteiger partial charge is 0.494 e. The molecule has 0 unspecified atom stereocenters. The van der Waals surface area contributed by atoms with Crippen LogP contribution >= 0.6 is 22.9 Å². The van der Waals surface area contributed by atoms with Gasteiger partial charge in [0.15, 0.2) is 5.13 Å². The second-order valence-corrected chi connectivity index (χ2v) is 7.88. The average molecular weight is 387 g/mol. The van der Waals surface area contributed by atoms with Gasteiger partial charge >= 0.3 is 0 Å². The average Bonchev–Trinajstić information content (AvgIpc) is 2.87. The lowest BCUT2D eigenvalue weighted by Gasteiger charge is -2.06. The van der Waals surface area contributed by atoms with E-state index >= 15 is 0 Å². The molecule has 0 spiro atoms. The van der Waals surface area contributed by atoms with Gasteiger partial charge in [0.1, 0.15) is 16.5 Å². The van der Waals surface area contributed by atoms with Crippen molar-refractivity contribution in [2.24, 2.45) is 0 Å². The first-order valence-electron chi connectivity index (χ1n) is 6.90. The summed E-state index contributed by atoms with van der Waals surface area (Å²) in [5, 5.41) is 0.267. The minimum atomic E-state index is -4.10. The van der Waals surface area contributed by atoms with Crippen LogP contribution in [-0.2, 0) is 10.0 Å². The number of hydrogen-bond donors (Lipinski definition) is 1. The molecule has 0 fully saturated rings. The number of sulfonamides is 1. The van der Waals surface area contributed by atoms with Crippen molar-refractivity contribution in [2.75, 3.05) is 11.3 Å². The number of ether oxygens (including phenoxy) is 1. The molecule has 1 N–H and O–H groups in total. The van der Waals surface area contributed by atoms with Gasteiger partial charge in [-0.15, -0.1) is 0 Å². The van der Waals surface area contributed by atoms with E-state index in [0.29, 0.717) is 17.9 Å². The van der Waals surface area contributed by atoms with Crippen molar-refractivity contribution in [3.63, 3.8) is 0 Å². The van der Waals surface area contributed by atoms with Crippen molar-refractivity contribution in [1.82, 2.24) is 4.98 Å². The molecule has 0 bridgehead atoms. The van der Waals surface area contributed by atoms with Gasteiger partial charge in [-0.2, -0.15) is 0 Å². The van der Waals surface area contributed by atoms with Crippen LogP contribution in [0.4, 0.5) is 9.52 Å². The predicted molar refractivity (Wildman–Crippen MR) is 93.0 cm³/mol. The van der Waals surface area contributed by atoms with E-state index in [1.54, 1.807) is 18.2 Å². The first-order valence-corrected chi connectivity index (χ1v) is 9.58. The van der Waals surface area contributed by atoms with Crippen LogP contribution in [0.15, 0.2) is 41.3 Å². The lowest BCUT2D eigenvalue weighted by atomic mass is 10.3. The monoisotopic (exact) mass is 386 g/mol. The van der Waals surface area contributed by atoms with Crippen molar-refractivity contribution in [2.45, 2.75) is 11.8 Å². The zero-order chi connectivity index (χ0) is 17.3. The summed E-state index contributed by atoms with van der Waals surface area (Å²) in [6.07, 6.45) is 0. The highest BCUT2D eigenvalue weighted by Crippen LogP contribution is 2.31. The van der Waals surface area contributed by atoms with Crippen LogP contribution in [0.2, 0.25) is 5.02 Å². The third-order valence-electron chi connectivity index (χ3n) is 3.08. The molecule has 0 aliphatic heterocycles. The Bertz CT molecular complexity index is 1010. The van der Waals surface area contributed by atoms with Crippen LogP contribution in [0.5, 0.6) is 5.75 Å². The Hall–Kier alpha value is -1.90. The van der Waals surface area contributed by atoms with E-state index in [1.165, 1.54) is 6.07 Å². The molecule has 126 valence electrons. The molecule has 5 nitrogen and oxygen atoms in total. The maximum atomic E-state index is 13.9. The van der Waals surface area contributed by atoms with Crippen molar-refractivity contribution in [1.29, 1.82) is 0 Å². The van der Waals surface area contributed by atoms with Crippen molar-refractivity contribution >= 4 is 48.3 Å². The summed E-state index contributed by atoms with van der Waals surface area (Å²) in [7, 11) is -4.10. The van der Waals surface area contributed by atoms with Crippen LogP contribution in [-0.4, -0.2) is 20.0 Å². The first-order chi connectivity index (χ1) is 11.4. The Morgan fingerprint density at radius 2 is 2.08 bits per heavy atom. The van der Waals surface area contributed by atoms with Crippen LogP contribution < -0.4 is 9.46 Å². The number of hydrogen-bond acceptors (Lipinski definition) is 5. The topological polar surface area (TPSA) is 68.3 Å². The fourth-order valence-electron chi connectivity index (χ4n) is 2.07. The van der Waals surface area contributed by atoms with Gasteiger partial charge in [0.05, 0.1) is 16.8 Å². The first kappa shape index (κ1) is 16.9. The molecule has 0 amide bonds. The van der Waals surface area contributed by atoms with E-state index in [2.05, 4.69) is 9.71 Å². The van der Waals surface area contributed by atoms with E-state index in [1.807, 2.05) is 6.92 Å². The van der Waals surface area contributed by atoms with Crippen LogP contribution in [0.1, 0.15) is 6.92 Å². The number of halogens is 2. The summed E-state index contributed by atoms with van der Waals surface area (Å²) < 4.78 is 47.0. The summed E-state index contributed by atoms with van der Waals surface area (Å²) in [6.45, 7) is 2.40.